The van der Waals surface area contributed by atoms with Gasteiger partial charge in [-0.25, -0.2) is 4.98 Å². The van der Waals surface area contributed by atoms with Crippen LogP contribution in [0.4, 0.5) is 30.6 Å². The lowest BCUT2D eigenvalue weighted by molar-refractivity contribution is -0.137. The molecule has 3 rings (SSSR count). The molecule has 2 heterocycles. The Morgan fingerprint density at radius 2 is 2.00 bits per heavy atom. The first-order valence-corrected chi connectivity index (χ1v) is 6.30. The van der Waals surface area contributed by atoms with Crippen LogP contribution in [0.15, 0.2) is 30.6 Å². The smallest absolute Gasteiger partial charge is 0.357 e. The third-order valence-corrected chi connectivity index (χ3v) is 2.96. The summed E-state index contributed by atoms with van der Waals surface area (Å²) in [5.74, 6) is 0.653. The first-order valence-electron chi connectivity index (χ1n) is 6.30. The van der Waals surface area contributed by atoms with Gasteiger partial charge in [-0.15, -0.1) is 0 Å². The van der Waals surface area contributed by atoms with Gasteiger partial charge in [0, 0.05) is 12.7 Å². The summed E-state index contributed by atoms with van der Waals surface area (Å²) in [7, 11) is 1.64. The lowest BCUT2D eigenvalue weighted by atomic mass is 10.2. The number of hydrogen-bond acceptors (Lipinski definition) is 5. The van der Waals surface area contributed by atoms with Crippen molar-refractivity contribution in [3.8, 4) is 0 Å². The molecule has 2 aromatic heterocycles. The quantitative estimate of drug-likeness (QED) is 0.693. The highest BCUT2D eigenvalue weighted by molar-refractivity contribution is 5.86. The minimum Gasteiger partial charge on any atom is -0.357 e. The minimum absolute atomic E-state index is 0.270. The van der Waals surface area contributed by atoms with Gasteiger partial charge in [-0.2, -0.15) is 23.1 Å². The average Bonchev–Trinajstić information content (AvgIpc) is 2.95. The molecule has 0 atom stereocenters. The molecule has 0 bridgehead atoms. The molecule has 114 valence electrons. The number of halogens is 3. The van der Waals surface area contributed by atoms with Crippen LogP contribution in [0.5, 0.6) is 0 Å². The number of aromatic amines is 1. The van der Waals surface area contributed by atoms with Crippen LogP contribution in [0, 0.1) is 0 Å². The van der Waals surface area contributed by atoms with Crippen LogP contribution in [-0.4, -0.2) is 27.0 Å². The molecule has 22 heavy (non-hydrogen) atoms. The fourth-order valence-electron chi connectivity index (χ4n) is 1.95. The molecule has 3 aromatic rings. The summed E-state index contributed by atoms with van der Waals surface area (Å²) in [5, 5.41) is 5.63. The fourth-order valence-corrected chi connectivity index (χ4v) is 1.95. The molecule has 0 aliphatic rings. The zero-order valence-corrected chi connectivity index (χ0v) is 11.4. The predicted molar refractivity (Wildman–Crippen MR) is 76.0 cm³/mol. The number of nitrogens with zero attached hydrogens (tertiary/aromatic N) is 3. The Bertz CT molecular complexity index is 811. The van der Waals surface area contributed by atoms with Gasteiger partial charge < -0.3 is 15.6 Å². The first-order chi connectivity index (χ1) is 10.5. The molecule has 3 N–H and O–H groups in total. The van der Waals surface area contributed by atoms with Crippen molar-refractivity contribution in [1.82, 2.24) is 19.9 Å². The molecule has 0 saturated heterocycles. The van der Waals surface area contributed by atoms with Crippen molar-refractivity contribution in [2.45, 2.75) is 6.18 Å². The molecule has 0 radical (unpaired) electrons. The van der Waals surface area contributed by atoms with E-state index >= 15 is 0 Å². The van der Waals surface area contributed by atoms with Crippen LogP contribution in [0.25, 0.3) is 11.2 Å². The van der Waals surface area contributed by atoms with Crippen molar-refractivity contribution >= 4 is 28.6 Å². The number of nitrogens with one attached hydrogen (secondary N) is 3. The zero-order valence-electron chi connectivity index (χ0n) is 11.4. The van der Waals surface area contributed by atoms with Gasteiger partial charge in [-0.3, -0.25) is 0 Å². The van der Waals surface area contributed by atoms with Gasteiger partial charge in [0.25, 0.3) is 0 Å². The molecular formula is C13H11F3N6. The molecule has 9 heteroatoms. The van der Waals surface area contributed by atoms with Crippen molar-refractivity contribution in [3.05, 3.63) is 36.2 Å². The largest absolute Gasteiger partial charge is 0.416 e. The van der Waals surface area contributed by atoms with Gasteiger partial charge in [-0.1, -0.05) is 6.07 Å². The number of rotatable bonds is 3. The molecular weight excluding hydrogens is 297 g/mol. The molecule has 0 fully saturated rings. The van der Waals surface area contributed by atoms with E-state index < -0.39 is 11.7 Å². The Kier molecular flexibility index (Phi) is 3.32. The Labute approximate surface area is 122 Å². The van der Waals surface area contributed by atoms with Crippen molar-refractivity contribution in [3.63, 3.8) is 0 Å². The molecule has 6 nitrogen and oxygen atoms in total. The number of H-pyrrole nitrogens is 1. The second-order valence-corrected chi connectivity index (χ2v) is 4.45. The van der Waals surface area contributed by atoms with Gasteiger partial charge in [0.2, 0.25) is 5.95 Å². The molecule has 0 saturated carbocycles. The summed E-state index contributed by atoms with van der Waals surface area (Å²) in [6.07, 6.45) is -2.96. The molecule has 0 unspecified atom stereocenters. The second kappa shape index (κ2) is 5.17. The van der Waals surface area contributed by atoms with E-state index in [1.165, 1.54) is 18.5 Å². The van der Waals surface area contributed by atoms with Crippen molar-refractivity contribution in [2.24, 2.45) is 0 Å². The first kappa shape index (κ1) is 14.1. The van der Waals surface area contributed by atoms with Gasteiger partial charge in [0.05, 0.1) is 11.9 Å². The van der Waals surface area contributed by atoms with E-state index in [-0.39, 0.29) is 5.69 Å². The summed E-state index contributed by atoms with van der Waals surface area (Å²) >= 11 is 0. The highest BCUT2D eigenvalue weighted by Crippen LogP contribution is 2.31. The number of hydrogen-bond donors (Lipinski definition) is 3. The van der Waals surface area contributed by atoms with E-state index in [1.807, 2.05) is 0 Å². The molecule has 0 amide bonds. The predicted octanol–water partition coefficient (Wildman–Crippen LogP) is 3.16. The molecule has 0 spiro atoms. The average molecular weight is 308 g/mol. The minimum atomic E-state index is -4.40. The lowest BCUT2D eigenvalue weighted by Crippen LogP contribution is -2.06. The molecule has 0 aliphatic carbocycles. The Hall–Kier alpha value is -2.84. The second-order valence-electron chi connectivity index (χ2n) is 4.45. The third-order valence-electron chi connectivity index (χ3n) is 2.96. The lowest BCUT2D eigenvalue weighted by Gasteiger charge is -2.11. The highest BCUT2D eigenvalue weighted by Gasteiger charge is 2.30. The Morgan fingerprint density at radius 1 is 1.18 bits per heavy atom. The van der Waals surface area contributed by atoms with Gasteiger partial charge in [0.15, 0.2) is 11.5 Å². The van der Waals surface area contributed by atoms with Gasteiger partial charge in [0.1, 0.15) is 5.52 Å². The maximum absolute atomic E-state index is 12.7. The SMILES string of the molecule is CNc1nc(Nc2cccc(C(F)(F)F)c2)c2[nH]cnc2n1. The van der Waals surface area contributed by atoms with Crippen LogP contribution >= 0.6 is 0 Å². The van der Waals surface area contributed by atoms with Crippen LogP contribution in [-0.2, 0) is 6.18 Å². The highest BCUT2D eigenvalue weighted by atomic mass is 19.4. The van der Waals surface area contributed by atoms with Crippen LogP contribution < -0.4 is 10.6 Å². The van der Waals surface area contributed by atoms with E-state index in [9.17, 15) is 13.2 Å². The normalized spacial score (nSPS) is 11.6. The van der Waals surface area contributed by atoms with E-state index in [4.69, 9.17) is 0 Å². The van der Waals surface area contributed by atoms with Crippen molar-refractivity contribution < 1.29 is 13.2 Å². The molecule has 1 aromatic carbocycles. The summed E-state index contributed by atoms with van der Waals surface area (Å²) in [6, 6.07) is 4.88. The summed E-state index contributed by atoms with van der Waals surface area (Å²) in [6.45, 7) is 0. The van der Waals surface area contributed by atoms with E-state index in [1.54, 1.807) is 7.05 Å². The number of fused-ring (bicyclic) bond motifs is 1. The maximum Gasteiger partial charge on any atom is 0.416 e. The maximum atomic E-state index is 12.7. The van der Waals surface area contributed by atoms with Crippen LogP contribution in [0.3, 0.4) is 0 Å². The van der Waals surface area contributed by atoms with Gasteiger partial charge >= 0.3 is 6.18 Å². The summed E-state index contributed by atoms with van der Waals surface area (Å²) in [5.41, 5.74) is 0.456. The number of imidazole rings is 1. The van der Waals surface area contributed by atoms with E-state index in [0.717, 1.165) is 12.1 Å². The summed E-state index contributed by atoms with van der Waals surface area (Å²) < 4.78 is 38.2. The number of benzene rings is 1. The number of anilines is 3. The number of aromatic nitrogens is 4. The number of alkyl halides is 3. The van der Waals surface area contributed by atoms with Crippen LogP contribution in [0.1, 0.15) is 5.56 Å². The monoisotopic (exact) mass is 308 g/mol. The van der Waals surface area contributed by atoms with E-state index in [0.29, 0.717) is 22.9 Å². The van der Waals surface area contributed by atoms with E-state index in [2.05, 4.69) is 30.6 Å². The van der Waals surface area contributed by atoms with Crippen LogP contribution in [0.2, 0.25) is 0 Å². The summed E-state index contributed by atoms with van der Waals surface area (Å²) in [4.78, 5) is 15.2. The Balaban J connectivity index is 2.01. The molecule has 0 aliphatic heterocycles. The van der Waals surface area contributed by atoms with Crippen molar-refractivity contribution in [2.75, 3.05) is 17.7 Å². The standard InChI is InChI=1S/C13H11F3N6/c1-17-12-21-10-9(18-6-19-10)11(22-12)20-8-4-2-3-7(5-8)13(14,15)16/h2-6H,1H3,(H3,17,18,19,20,21,22). The third kappa shape index (κ3) is 2.65. The fraction of sp³-hybridized carbons (Fsp3) is 0.154. The van der Waals surface area contributed by atoms with Gasteiger partial charge in [-0.05, 0) is 18.2 Å². The van der Waals surface area contributed by atoms with Crippen molar-refractivity contribution in [1.29, 1.82) is 0 Å². The Morgan fingerprint density at radius 3 is 2.73 bits per heavy atom. The zero-order chi connectivity index (χ0) is 15.7. The topological polar surface area (TPSA) is 78.5 Å².